The smallest absolute Gasteiger partial charge is 0.410 e. The normalized spacial score (nSPS) is 21.5. The average Bonchev–Trinajstić information content (AvgIpc) is 2.81. The Morgan fingerprint density at radius 2 is 1.86 bits per heavy atom. The molecular formula is C15H24N2O4. The fourth-order valence-electron chi connectivity index (χ4n) is 2.65. The van der Waals surface area contributed by atoms with Crippen LogP contribution in [0.15, 0.2) is 12.7 Å². The van der Waals surface area contributed by atoms with Gasteiger partial charge >= 0.3 is 6.09 Å². The Hall–Kier alpha value is -1.56. The lowest BCUT2D eigenvalue weighted by Crippen LogP contribution is -2.50. The van der Waals surface area contributed by atoms with E-state index in [2.05, 4.69) is 6.58 Å². The summed E-state index contributed by atoms with van der Waals surface area (Å²) in [5, 5.41) is 0. The Balaban J connectivity index is 1.88. The molecule has 2 amide bonds. The van der Waals surface area contributed by atoms with Crippen molar-refractivity contribution < 1.29 is 19.1 Å². The van der Waals surface area contributed by atoms with Crippen molar-refractivity contribution in [3.05, 3.63) is 12.7 Å². The molecule has 0 aromatic carbocycles. The maximum atomic E-state index is 12.0. The number of ether oxygens (including phenoxy) is 2. The maximum absolute atomic E-state index is 12.0. The lowest BCUT2D eigenvalue weighted by atomic mass is 9.91. The van der Waals surface area contributed by atoms with Gasteiger partial charge in [0.25, 0.3) is 0 Å². The molecule has 6 nitrogen and oxygen atoms in total. The van der Waals surface area contributed by atoms with E-state index in [4.69, 9.17) is 9.47 Å². The Morgan fingerprint density at radius 1 is 1.24 bits per heavy atom. The second-order valence-electron chi connectivity index (χ2n) is 6.66. The zero-order valence-corrected chi connectivity index (χ0v) is 13.1. The fourth-order valence-corrected chi connectivity index (χ4v) is 2.65. The number of likely N-dealkylation sites (tertiary alicyclic amines) is 1. The number of carbonyl (C=O) groups is 2. The molecule has 2 aliphatic rings. The number of amides is 2. The molecule has 1 spiro atoms. The number of piperidine rings is 1. The highest BCUT2D eigenvalue weighted by atomic mass is 16.6. The van der Waals surface area contributed by atoms with Gasteiger partial charge in [-0.3, -0.25) is 4.79 Å². The topological polar surface area (TPSA) is 59.1 Å². The van der Waals surface area contributed by atoms with Crippen molar-refractivity contribution >= 4 is 12.0 Å². The minimum absolute atomic E-state index is 0.110. The summed E-state index contributed by atoms with van der Waals surface area (Å²) in [5.74, 6) is -0.110. The monoisotopic (exact) mass is 296 g/mol. The van der Waals surface area contributed by atoms with E-state index >= 15 is 0 Å². The Bertz CT molecular complexity index is 433. The summed E-state index contributed by atoms with van der Waals surface area (Å²) in [7, 11) is 0. The van der Waals surface area contributed by atoms with Crippen LogP contribution in [0.1, 0.15) is 33.6 Å². The summed E-state index contributed by atoms with van der Waals surface area (Å²) in [5.41, 5.74) is -0.805. The van der Waals surface area contributed by atoms with Crippen LogP contribution in [-0.2, 0) is 14.3 Å². The fraction of sp³-hybridized carbons (Fsp3) is 0.733. The first kappa shape index (κ1) is 15.8. The van der Waals surface area contributed by atoms with Gasteiger partial charge in [-0.05, 0) is 39.7 Å². The molecular weight excluding hydrogens is 272 g/mol. The number of rotatable bonds is 1. The molecule has 118 valence electrons. The highest BCUT2D eigenvalue weighted by molar-refractivity contribution is 5.87. The molecule has 0 N–H and O–H groups in total. The first-order valence-electron chi connectivity index (χ1n) is 7.28. The van der Waals surface area contributed by atoms with E-state index in [1.165, 1.54) is 6.08 Å². The molecule has 2 saturated heterocycles. The summed E-state index contributed by atoms with van der Waals surface area (Å²) in [6, 6.07) is 0. The zero-order valence-electron chi connectivity index (χ0n) is 13.1. The van der Waals surface area contributed by atoms with Crippen LogP contribution >= 0.6 is 0 Å². The molecule has 0 unspecified atom stereocenters. The predicted molar refractivity (Wildman–Crippen MR) is 77.6 cm³/mol. The van der Waals surface area contributed by atoms with E-state index in [1.54, 1.807) is 9.80 Å². The summed E-state index contributed by atoms with van der Waals surface area (Å²) in [4.78, 5) is 27.0. The van der Waals surface area contributed by atoms with Gasteiger partial charge in [0.2, 0.25) is 5.91 Å². The molecule has 0 aromatic heterocycles. The minimum Gasteiger partial charge on any atom is -0.444 e. The van der Waals surface area contributed by atoms with E-state index in [0.29, 0.717) is 39.2 Å². The van der Waals surface area contributed by atoms with Gasteiger partial charge in [0, 0.05) is 13.1 Å². The molecule has 0 aliphatic carbocycles. The Kier molecular flexibility index (Phi) is 4.27. The van der Waals surface area contributed by atoms with Crippen LogP contribution in [0.3, 0.4) is 0 Å². The molecule has 2 fully saturated rings. The van der Waals surface area contributed by atoms with Gasteiger partial charge < -0.3 is 19.3 Å². The Labute approximate surface area is 125 Å². The number of hydrogen-bond donors (Lipinski definition) is 0. The van der Waals surface area contributed by atoms with Crippen molar-refractivity contribution in [1.29, 1.82) is 0 Å². The molecule has 0 atom stereocenters. The van der Waals surface area contributed by atoms with Crippen LogP contribution in [0.4, 0.5) is 4.79 Å². The summed E-state index contributed by atoms with van der Waals surface area (Å²) in [6.45, 7) is 11.1. The highest BCUT2D eigenvalue weighted by Gasteiger charge is 2.44. The van der Waals surface area contributed by atoms with Gasteiger partial charge in [0.05, 0.1) is 12.1 Å². The van der Waals surface area contributed by atoms with Crippen molar-refractivity contribution in [1.82, 2.24) is 9.80 Å². The van der Waals surface area contributed by atoms with Crippen molar-refractivity contribution in [3.8, 4) is 0 Å². The molecule has 6 heteroatoms. The number of carbonyl (C=O) groups excluding carboxylic acids is 2. The predicted octanol–water partition coefficient (Wildman–Crippen LogP) is 1.76. The zero-order chi connectivity index (χ0) is 15.7. The van der Waals surface area contributed by atoms with E-state index in [-0.39, 0.29) is 17.6 Å². The van der Waals surface area contributed by atoms with Crippen LogP contribution in [0, 0.1) is 0 Å². The van der Waals surface area contributed by atoms with Crippen molar-refractivity contribution in [3.63, 3.8) is 0 Å². The molecule has 21 heavy (non-hydrogen) atoms. The third-order valence-electron chi connectivity index (χ3n) is 3.82. The number of nitrogens with zero attached hydrogens (tertiary/aromatic N) is 2. The lowest BCUT2D eigenvalue weighted by Gasteiger charge is -2.38. The standard InChI is InChI=1S/C15H24N2O4/c1-5-12(18)17-10-15(20-11-17)6-8-16(9-7-15)13(19)21-14(2,3)4/h5H,1,6-11H2,2-4H3. The van der Waals surface area contributed by atoms with Gasteiger partial charge in [-0.15, -0.1) is 0 Å². The molecule has 0 saturated carbocycles. The molecule has 0 radical (unpaired) electrons. The van der Waals surface area contributed by atoms with Gasteiger partial charge in [-0.25, -0.2) is 4.79 Å². The second-order valence-corrected chi connectivity index (χ2v) is 6.66. The molecule has 2 rings (SSSR count). The summed E-state index contributed by atoms with van der Waals surface area (Å²) < 4.78 is 11.2. The summed E-state index contributed by atoms with van der Waals surface area (Å²) >= 11 is 0. The van der Waals surface area contributed by atoms with E-state index < -0.39 is 5.60 Å². The molecule has 2 heterocycles. The van der Waals surface area contributed by atoms with Gasteiger partial charge in [-0.1, -0.05) is 6.58 Å². The van der Waals surface area contributed by atoms with Gasteiger partial charge in [0.15, 0.2) is 0 Å². The third kappa shape index (κ3) is 3.75. The molecule has 2 aliphatic heterocycles. The summed E-state index contributed by atoms with van der Waals surface area (Å²) in [6.07, 6.45) is 2.45. The highest BCUT2D eigenvalue weighted by Crippen LogP contribution is 2.32. The van der Waals surface area contributed by atoms with Crippen LogP contribution in [-0.4, -0.2) is 59.4 Å². The van der Waals surface area contributed by atoms with Crippen LogP contribution in [0.2, 0.25) is 0 Å². The van der Waals surface area contributed by atoms with E-state index in [1.807, 2.05) is 20.8 Å². The van der Waals surface area contributed by atoms with Gasteiger partial charge in [0.1, 0.15) is 12.3 Å². The first-order chi connectivity index (χ1) is 9.75. The quantitative estimate of drug-likeness (QED) is 0.692. The van der Waals surface area contributed by atoms with Crippen molar-refractivity contribution in [2.45, 2.75) is 44.8 Å². The SMILES string of the molecule is C=CC(=O)N1COC2(CCN(C(=O)OC(C)(C)C)CC2)C1. The lowest BCUT2D eigenvalue weighted by molar-refractivity contribution is -0.126. The largest absolute Gasteiger partial charge is 0.444 e. The van der Waals surface area contributed by atoms with Crippen molar-refractivity contribution in [2.75, 3.05) is 26.4 Å². The second kappa shape index (κ2) is 5.67. The van der Waals surface area contributed by atoms with Crippen LogP contribution in [0.25, 0.3) is 0 Å². The van der Waals surface area contributed by atoms with E-state index in [9.17, 15) is 9.59 Å². The van der Waals surface area contributed by atoms with Gasteiger partial charge in [-0.2, -0.15) is 0 Å². The molecule has 0 aromatic rings. The third-order valence-corrected chi connectivity index (χ3v) is 3.82. The first-order valence-corrected chi connectivity index (χ1v) is 7.28. The number of hydrogen-bond acceptors (Lipinski definition) is 4. The van der Waals surface area contributed by atoms with Crippen LogP contribution < -0.4 is 0 Å². The van der Waals surface area contributed by atoms with Crippen molar-refractivity contribution in [2.24, 2.45) is 0 Å². The minimum atomic E-state index is -0.483. The molecule has 0 bridgehead atoms. The Morgan fingerprint density at radius 3 is 2.38 bits per heavy atom. The maximum Gasteiger partial charge on any atom is 0.410 e. The van der Waals surface area contributed by atoms with E-state index in [0.717, 1.165) is 0 Å². The average molecular weight is 296 g/mol. The van der Waals surface area contributed by atoms with Crippen LogP contribution in [0.5, 0.6) is 0 Å².